The predicted octanol–water partition coefficient (Wildman–Crippen LogP) is 10.7. The Labute approximate surface area is 446 Å². The minimum absolute atomic E-state index is 0.0458. The van der Waals surface area contributed by atoms with Crippen LogP contribution in [0.25, 0.3) is 0 Å². The Balaban J connectivity index is 0.825. The van der Waals surface area contributed by atoms with Crippen molar-refractivity contribution in [1.29, 1.82) is 0 Å². The van der Waals surface area contributed by atoms with Gasteiger partial charge in [0, 0.05) is 54.8 Å². The molecule has 6 atom stereocenters. The summed E-state index contributed by atoms with van der Waals surface area (Å²) in [7, 11) is 0. The number of aryl methyl sites for hydroxylation is 1. The summed E-state index contributed by atoms with van der Waals surface area (Å²) in [5.74, 6) is -5.62. The van der Waals surface area contributed by atoms with Gasteiger partial charge in [-0.2, -0.15) is 0 Å². The van der Waals surface area contributed by atoms with Gasteiger partial charge < -0.3 is 29.4 Å². The molecule has 404 valence electrons. The number of benzene rings is 3. The van der Waals surface area contributed by atoms with Gasteiger partial charge in [0.05, 0.1) is 28.6 Å². The first-order chi connectivity index (χ1) is 36.1. The fraction of sp³-hybridized carbons (Fsp3) is 0.525. The lowest BCUT2D eigenvalue weighted by Crippen LogP contribution is -2.52. The molecule has 4 aromatic rings. The van der Waals surface area contributed by atoms with Crippen molar-refractivity contribution >= 4 is 52.6 Å². The number of pyridine rings is 1. The number of rotatable bonds is 20. The molecule has 0 radical (unpaired) electrons. The summed E-state index contributed by atoms with van der Waals surface area (Å²) >= 11 is 0. The number of amides is 4. The molecular weight excluding hydrogens is 965 g/mol. The van der Waals surface area contributed by atoms with Gasteiger partial charge in [-0.15, -0.1) is 0 Å². The highest BCUT2D eigenvalue weighted by molar-refractivity contribution is 6.23. The van der Waals surface area contributed by atoms with Crippen molar-refractivity contribution in [3.05, 3.63) is 107 Å². The molecule has 6 unspecified atom stereocenters. The van der Waals surface area contributed by atoms with E-state index < -0.39 is 87.9 Å². The topological polar surface area (TPSA) is 194 Å². The molecule has 1 aromatic heterocycles. The van der Waals surface area contributed by atoms with Gasteiger partial charge in [-0.3, -0.25) is 29.1 Å². The van der Waals surface area contributed by atoms with Crippen molar-refractivity contribution in [2.75, 3.05) is 28.7 Å². The Kier molecular flexibility index (Phi) is 15.5. The number of carbonyl (C=O) groups excluding carboxylic acids is 6. The van der Waals surface area contributed by atoms with Crippen LogP contribution < -0.4 is 25.0 Å². The molecule has 3 saturated carbocycles. The maximum absolute atomic E-state index is 14.6. The third-order valence-electron chi connectivity index (χ3n) is 16.1. The number of aromatic nitrogens is 1. The summed E-state index contributed by atoms with van der Waals surface area (Å²) in [4.78, 5) is 92.3. The molecule has 0 spiro atoms. The van der Waals surface area contributed by atoms with Crippen molar-refractivity contribution in [2.24, 2.45) is 35.5 Å². The van der Waals surface area contributed by atoms with Gasteiger partial charge in [0.15, 0.2) is 0 Å². The lowest BCUT2D eigenvalue weighted by atomic mass is 9.82. The Morgan fingerprint density at radius 3 is 1.74 bits per heavy atom. The van der Waals surface area contributed by atoms with Gasteiger partial charge in [-0.1, -0.05) is 38.3 Å². The van der Waals surface area contributed by atoms with Crippen LogP contribution in [0.1, 0.15) is 157 Å². The van der Waals surface area contributed by atoms with Crippen molar-refractivity contribution in [2.45, 2.75) is 155 Å². The van der Waals surface area contributed by atoms with E-state index in [-0.39, 0.29) is 47.6 Å². The van der Waals surface area contributed by atoms with E-state index in [1.54, 1.807) is 71.3 Å². The van der Waals surface area contributed by atoms with E-state index in [1.807, 2.05) is 26.0 Å². The van der Waals surface area contributed by atoms with Gasteiger partial charge in [0.25, 0.3) is 0 Å². The molecule has 4 amide bonds. The van der Waals surface area contributed by atoms with Gasteiger partial charge >= 0.3 is 11.9 Å². The molecule has 5 fully saturated rings. The van der Waals surface area contributed by atoms with Crippen LogP contribution >= 0.6 is 0 Å². The molecule has 4 bridgehead atoms. The number of ether oxygens (including phenoxy) is 5. The third kappa shape index (κ3) is 11.7. The highest BCUT2D eigenvalue weighted by Crippen LogP contribution is 2.62. The molecule has 3 aromatic carbocycles. The maximum Gasteiger partial charge on any atom is 0.338 e. The average Bonchev–Trinajstić information content (AvgIpc) is 3.91. The SMILES string of the molecule is CCCCCCOC1CCC(c2ccc(OCC(C)(C)OC(=O)c3cc(N)cc(N4C(=O)C5CC(C4=O)C4C6CC(C(=O)N(c7cc(C)cc(C(=O)OC(C)(C)CC(C)(C)Oc8ccncc8)c7)C6=O)C54)c3)cc2)CC1. The number of esters is 2. The van der Waals surface area contributed by atoms with Crippen LogP contribution in [-0.4, -0.2) is 76.7 Å². The van der Waals surface area contributed by atoms with Crippen LogP contribution in [0.15, 0.2) is 85.2 Å². The van der Waals surface area contributed by atoms with Gasteiger partial charge in [-0.25, -0.2) is 14.5 Å². The monoisotopic (exact) mass is 1040 g/mol. The number of nitrogen functional groups attached to an aromatic ring is 1. The highest BCUT2D eigenvalue weighted by atomic mass is 16.6. The third-order valence-corrected chi connectivity index (χ3v) is 16.1. The summed E-state index contributed by atoms with van der Waals surface area (Å²) in [6, 6.07) is 20.8. The number of carbonyl (C=O) groups is 6. The van der Waals surface area contributed by atoms with E-state index >= 15 is 0 Å². The molecular formula is C61H74N4O11. The fourth-order valence-corrected chi connectivity index (χ4v) is 13.1. The number of nitrogens with zero attached hydrogens (tertiary/aromatic N) is 3. The quantitative estimate of drug-likeness (QED) is 0.0289. The van der Waals surface area contributed by atoms with Crippen molar-refractivity contribution in [1.82, 2.24) is 4.98 Å². The molecule has 3 heterocycles. The number of fused-ring (bicyclic) bond motifs is 9. The molecule has 9 rings (SSSR count). The summed E-state index contributed by atoms with van der Waals surface area (Å²) in [5, 5.41) is 0. The Hall–Kier alpha value is -6.61. The van der Waals surface area contributed by atoms with E-state index in [1.165, 1.54) is 49.1 Å². The van der Waals surface area contributed by atoms with Crippen molar-refractivity contribution in [3.8, 4) is 11.5 Å². The second-order valence-corrected chi connectivity index (χ2v) is 23.7. The minimum Gasteiger partial charge on any atom is -0.489 e. The number of nitrogens with two attached hydrogens (primary N) is 1. The normalized spacial score (nSPS) is 24.4. The number of hydrogen-bond donors (Lipinski definition) is 1. The molecule has 2 aliphatic heterocycles. The van der Waals surface area contributed by atoms with E-state index in [2.05, 4.69) is 24.0 Å². The molecule has 15 nitrogen and oxygen atoms in total. The van der Waals surface area contributed by atoms with E-state index in [4.69, 9.17) is 29.4 Å². The van der Waals surface area contributed by atoms with Crippen molar-refractivity contribution < 1.29 is 52.5 Å². The van der Waals surface area contributed by atoms with E-state index in [9.17, 15) is 28.8 Å². The number of anilines is 3. The Bertz CT molecular complexity index is 2790. The smallest absolute Gasteiger partial charge is 0.338 e. The molecule has 2 saturated heterocycles. The predicted molar refractivity (Wildman–Crippen MR) is 287 cm³/mol. The Morgan fingerprint density at radius 1 is 0.632 bits per heavy atom. The Morgan fingerprint density at radius 2 is 1.17 bits per heavy atom. The summed E-state index contributed by atoms with van der Waals surface area (Å²) in [6.07, 6.45) is 13.5. The summed E-state index contributed by atoms with van der Waals surface area (Å²) in [5.41, 5.74) is 6.18. The van der Waals surface area contributed by atoms with Gasteiger partial charge in [0.1, 0.15) is 34.9 Å². The molecule has 15 heteroatoms. The zero-order chi connectivity index (χ0) is 54.3. The second-order valence-electron chi connectivity index (χ2n) is 23.7. The van der Waals surface area contributed by atoms with Crippen LogP contribution in [0.3, 0.4) is 0 Å². The van der Waals surface area contributed by atoms with Crippen LogP contribution in [0.2, 0.25) is 0 Å². The first-order valence-corrected chi connectivity index (χ1v) is 27.3. The minimum atomic E-state index is -1.08. The highest BCUT2D eigenvalue weighted by Gasteiger charge is 2.69. The van der Waals surface area contributed by atoms with Gasteiger partial charge in [-0.05, 0) is 183 Å². The zero-order valence-corrected chi connectivity index (χ0v) is 45.3. The molecule has 76 heavy (non-hydrogen) atoms. The van der Waals surface area contributed by atoms with E-state index in [0.29, 0.717) is 35.5 Å². The van der Waals surface area contributed by atoms with Crippen LogP contribution in [-0.2, 0) is 33.4 Å². The fourth-order valence-electron chi connectivity index (χ4n) is 13.1. The largest absolute Gasteiger partial charge is 0.489 e. The second kappa shape index (κ2) is 21.8. The van der Waals surface area contributed by atoms with E-state index in [0.717, 1.165) is 48.5 Å². The molecule has 3 aliphatic carbocycles. The van der Waals surface area contributed by atoms with Crippen LogP contribution in [0, 0.1) is 42.4 Å². The number of imide groups is 2. The lowest BCUT2D eigenvalue weighted by Gasteiger charge is -2.37. The molecule has 2 N–H and O–H groups in total. The number of hydrogen-bond acceptors (Lipinski definition) is 13. The number of piperidine rings is 2. The van der Waals surface area contributed by atoms with Gasteiger partial charge in [0.2, 0.25) is 23.6 Å². The zero-order valence-electron chi connectivity index (χ0n) is 45.3. The standard InChI is InChI=1S/C61H74N4O11/c1-9-10-11-12-25-72-44-17-13-37(14-18-44)38-15-19-45(20-16-38)73-35-61(7,8)76-58(71)40-28-41(62)31-43(30-40)65-55(68)49-33-50(56(65)69)52-48-32-47(51(49)52)53(66)64(54(48)67)42-27-36(2)26-39(29-42)57(70)75-60(5,6)34-59(3,4)74-46-21-23-63-24-22-46/h15-16,19-24,26-31,37,44,47-52H,9-14,17-18,25,32-35,62H2,1-8H3. The average molecular weight is 1040 g/mol. The molecule has 5 aliphatic rings. The summed E-state index contributed by atoms with van der Waals surface area (Å²) in [6.45, 7) is 15.8. The lowest BCUT2D eigenvalue weighted by molar-refractivity contribution is -0.136. The maximum atomic E-state index is 14.6. The van der Waals surface area contributed by atoms with Crippen molar-refractivity contribution in [3.63, 3.8) is 0 Å². The first kappa shape index (κ1) is 54.2. The van der Waals surface area contributed by atoms with Crippen LogP contribution in [0.4, 0.5) is 17.1 Å². The first-order valence-electron chi connectivity index (χ1n) is 27.3. The van der Waals surface area contributed by atoms with Crippen LogP contribution in [0.5, 0.6) is 11.5 Å². The summed E-state index contributed by atoms with van der Waals surface area (Å²) < 4.78 is 30.5. The number of unbranched alkanes of at least 4 members (excludes halogenated alkanes) is 3.